The summed E-state index contributed by atoms with van der Waals surface area (Å²) in [7, 11) is 0. The number of aliphatic hydroxyl groups excluding tert-OH is 1. The number of ether oxygens (including phenoxy) is 1. The van der Waals surface area contributed by atoms with Crippen molar-refractivity contribution in [1.82, 2.24) is 19.4 Å². The van der Waals surface area contributed by atoms with Gasteiger partial charge < -0.3 is 19.3 Å². The predicted octanol–water partition coefficient (Wildman–Crippen LogP) is 4.62. The van der Waals surface area contributed by atoms with E-state index in [2.05, 4.69) is 36.5 Å². The van der Waals surface area contributed by atoms with E-state index in [0.29, 0.717) is 29.6 Å². The summed E-state index contributed by atoms with van der Waals surface area (Å²) in [5.41, 5.74) is 4.40. The lowest BCUT2D eigenvalue weighted by Crippen LogP contribution is -2.48. The quantitative estimate of drug-likeness (QED) is 0.305. The summed E-state index contributed by atoms with van der Waals surface area (Å²) in [4.78, 5) is 27.4. The molecule has 4 heterocycles. The van der Waals surface area contributed by atoms with Crippen molar-refractivity contribution in [1.29, 1.82) is 0 Å². The maximum Gasteiger partial charge on any atom is 0.193 e. The Morgan fingerprint density at radius 2 is 2.02 bits per heavy atom. The molecule has 1 saturated heterocycles. The minimum atomic E-state index is -0.592. The number of aliphatic hydroxyl groups is 1. The van der Waals surface area contributed by atoms with Crippen LogP contribution in [0.5, 0.6) is 5.75 Å². The van der Waals surface area contributed by atoms with E-state index in [1.54, 1.807) is 12.3 Å². The summed E-state index contributed by atoms with van der Waals surface area (Å²) in [6.45, 7) is 4.71. The van der Waals surface area contributed by atoms with Gasteiger partial charge in [-0.2, -0.15) is 0 Å². The van der Waals surface area contributed by atoms with Gasteiger partial charge in [0, 0.05) is 79.6 Å². The Kier molecular flexibility index (Phi) is 7.98. The third kappa shape index (κ3) is 6.11. The van der Waals surface area contributed by atoms with Gasteiger partial charge in [-0.25, -0.2) is 4.39 Å². The molecule has 2 fully saturated rings. The van der Waals surface area contributed by atoms with Gasteiger partial charge >= 0.3 is 0 Å². The van der Waals surface area contributed by atoms with Crippen molar-refractivity contribution < 1.29 is 14.2 Å². The first-order chi connectivity index (χ1) is 20.0. The van der Waals surface area contributed by atoms with Crippen LogP contribution in [0.4, 0.5) is 10.1 Å². The predicted molar refractivity (Wildman–Crippen MR) is 157 cm³/mol. The molecule has 9 heteroatoms. The molecule has 41 heavy (non-hydrogen) atoms. The molecule has 0 unspecified atom stereocenters. The highest BCUT2D eigenvalue weighted by Crippen LogP contribution is 2.38. The third-order valence-corrected chi connectivity index (χ3v) is 8.09. The zero-order chi connectivity index (χ0) is 28.3. The van der Waals surface area contributed by atoms with Crippen molar-refractivity contribution in [3.63, 3.8) is 0 Å². The van der Waals surface area contributed by atoms with E-state index in [-0.39, 0.29) is 36.5 Å². The molecule has 0 radical (unpaired) electrons. The fourth-order valence-corrected chi connectivity index (χ4v) is 5.94. The van der Waals surface area contributed by atoms with Crippen LogP contribution in [-0.2, 0) is 13.1 Å². The zero-order valence-corrected chi connectivity index (χ0v) is 23.4. The molecule has 3 aromatic heterocycles. The summed E-state index contributed by atoms with van der Waals surface area (Å²) in [6.07, 6.45) is 11.6. The molecule has 0 amide bonds. The number of hydrogen-bond acceptors (Lipinski definition) is 7. The van der Waals surface area contributed by atoms with Crippen LogP contribution in [0.2, 0.25) is 0 Å². The Bertz CT molecular complexity index is 1570. The van der Waals surface area contributed by atoms with Crippen LogP contribution in [0.15, 0.2) is 66.0 Å². The highest BCUT2D eigenvalue weighted by Gasteiger charge is 2.29. The fourth-order valence-electron chi connectivity index (χ4n) is 5.94. The molecule has 2 aliphatic rings. The topological polar surface area (TPSA) is 83.7 Å². The van der Waals surface area contributed by atoms with Crippen LogP contribution in [0, 0.1) is 12.7 Å². The fraction of sp³-hybridized carbons (Fsp3) is 0.406. The van der Waals surface area contributed by atoms with Gasteiger partial charge in [0.2, 0.25) is 0 Å². The van der Waals surface area contributed by atoms with E-state index >= 15 is 4.39 Å². The second-order valence-electron chi connectivity index (χ2n) is 11.2. The van der Waals surface area contributed by atoms with E-state index in [9.17, 15) is 4.79 Å². The van der Waals surface area contributed by atoms with Gasteiger partial charge in [0.25, 0.3) is 0 Å². The number of aromatic nitrogens is 3. The van der Waals surface area contributed by atoms with Gasteiger partial charge in [0.1, 0.15) is 6.61 Å². The number of aryl methyl sites for hydroxylation is 1. The number of fused-ring (bicyclic) bond motifs is 1. The molecule has 0 bridgehead atoms. The van der Waals surface area contributed by atoms with Crippen molar-refractivity contribution >= 4 is 16.6 Å². The summed E-state index contributed by atoms with van der Waals surface area (Å²) in [5, 5.41) is 9.51. The van der Waals surface area contributed by atoms with Gasteiger partial charge in [-0.15, -0.1) is 0 Å². The smallest absolute Gasteiger partial charge is 0.193 e. The van der Waals surface area contributed by atoms with Crippen molar-refractivity contribution in [2.45, 2.75) is 57.8 Å². The van der Waals surface area contributed by atoms with Crippen LogP contribution in [0.25, 0.3) is 10.9 Å². The van der Waals surface area contributed by atoms with Gasteiger partial charge in [-0.3, -0.25) is 19.7 Å². The molecule has 1 aliphatic carbocycles. The maximum atomic E-state index is 15.0. The van der Waals surface area contributed by atoms with Crippen LogP contribution in [0.1, 0.15) is 48.5 Å². The minimum absolute atomic E-state index is 0.00490. The van der Waals surface area contributed by atoms with Gasteiger partial charge in [-0.05, 0) is 68.5 Å². The number of pyridine rings is 3. The average molecular weight is 558 g/mol. The molecule has 1 atom stereocenters. The third-order valence-electron chi connectivity index (χ3n) is 8.09. The lowest BCUT2D eigenvalue weighted by molar-refractivity contribution is 0.158. The molecule has 4 aromatic rings. The first-order valence-electron chi connectivity index (χ1n) is 14.4. The van der Waals surface area contributed by atoms with E-state index in [0.717, 1.165) is 55.7 Å². The Labute approximate surface area is 239 Å². The van der Waals surface area contributed by atoms with Crippen molar-refractivity contribution in [2.24, 2.45) is 0 Å². The molecular formula is C32H36FN5O3. The number of benzene rings is 1. The lowest BCUT2D eigenvalue weighted by Gasteiger charge is -2.40. The molecule has 8 nitrogen and oxygen atoms in total. The van der Waals surface area contributed by atoms with Gasteiger partial charge in [0.15, 0.2) is 17.0 Å². The standard InChI is InChI=1S/C32H36FN5O3/c1-22-14-23(8-10-35-22)18-37(27-5-3-11-36(21-27)26-4-2-9-34-17-26)19-24-20-38(25-6-7-25)30-16-31(41-13-12-39)29(33)15-28(30)32(24)40/h2,4,8-10,14-17,20,25,27,39H,3,5-7,11-13,18-19,21H2,1H3/t27-/m0/s1. The van der Waals surface area contributed by atoms with E-state index in [1.165, 1.54) is 6.07 Å². The number of halogens is 1. The molecule has 1 aromatic carbocycles. The molecule has 1 saturated carbocycles. The van der Waals surface area contributed by atoms with Crippen LogP contribution in [-0.4, -0.2) is 56.9 Å². The zero-order valence-electron chi connectivity index (χ0n) is 23.4. The number of hydrogen-bond donors (Lipinski definition) is 1. The molecule has 6 rings (SSSR count). The summed E-state index contributed by atoms with van der Waals surface area (Å²) in [5.74, 6) is -0.536. The minimum Gasteiger partial charge on any atom is -0.488 e. The number of piperidine rings is 1. The molecule has 1 aliphatic heterocycles. The highest BCUT2D eigenvalue weighted by atomic mass is 19.1. The van der Waals surface area contributed by atoms with Crippen molar-refractivity contribution in [2.75, 3.05) is 31.2 Å². The lowest BCUT2D eigenvalue weighted by atomic mass is 10.0. The number of nitrogens with zero attached hydrogens (tertiary/aromatic N) is 5. The second kappa shape index (κ2) is 12.0. The molecule has 1 N–H and O–H groups in total. The molecule has 0 spiro atoms. The van der Waals surface area contributed by atoms with Crippen LogP contribution in [0.3, 0.4) is 0 Å². The molecule has 214 valence electrons. The largest absolute Gasteiger partial charge is 0.488 e. The monoisotopic (exact) mass is 557 g/mol. The summed E-state index contributed by atoms with van der Waals surface area (Å²) in [6, 6.07) is 11.6. The Balaban J connectivity index is 1.37. The van der Waals surface area contributed by atoms with Crippen LogP contribution >= 0.6 is 0 Å². The van der Waals surface area contributed by atoms with Gasteiger partial charge in [0.05, 0.1) is 24.0 Å². The summed E-state index contributed by atoms with van der Waals surface area (Å²) >= 11 is 0. The summed E-state index contributed by atoms with van der Waals surface area (Å²) < 4.78 is 22.5. The highest BCUT2D eigenvalue weighted by molar-refractivity contribution is 5.81. The maximum absolute atomic E-state index is 15.0. The average Bonchev–Trinajstić information content (AvgIpc) is 3.84. The molecular weight excluding hydrogens is 521 g/mol. The normalized spacial score (nSPS) is 17.4. The Morgan fingerprint density at radius 3 is 2.78 bits per heavy atom. The first-order valence-corrected chi connectivity index (χ1v) is 14.4. The second-order valence-corrected chi connectivity index (χ2v) is 11.2. The van der Waals surface area contributed by atoms with Crippen molar-refractivity contribution in [3.8, 4) is 5.75 Å². The number of anilines is 1. The Hall–Kier alpha value is -3.82. The van der Waals surface area contributed by atoms with Crippen molar-refractivity contribution in [3.05, 3.63) is 94.0 Å². The number of rotatable bonds is 10. The Morgan fingerprint density at radius 1 is 1.15 bits per heavy atom. The van der Waals surface area contributed by atoms with E-state index < -0.39 is 5.82 Å². The van der Waals surface area contributed by atoms with Crippen LogP contribution < -0.4 is 15.1 Å². The van der Waals surface area contributed by atoms with E-state index in [1.807, 2.05) is 37.6 Å². The van der Waals surface area contributed by atoms with E-state index in [4.69, 9.17) is 9.84 Å². The SMILES string of the molecule is Cc1cc(CN(Cc2cn(C3CC3)c3cc(OCCO)c(F)cc3c2=O)[C@H]2CCCN(c3cccnc3)C2)ccn1. The van der Waals surface area contributed by atoms with Gasteiger partial charge in [-0.1, -0.05) is 0 Å². The first kappa shape index (κ1) is 27.4.